The van der Waals surface area contributed by atoms with E-state index < -0.39 is 0 Å². The molecule has 0 N–H and O–H groups in total. The van der Waals surface area contributed by atoms with Crippen molar-refractivity contribution in [1.82, 2.24) is 14.8 Å². The summed E-state index contributed by atoms with van der Waals surface area (Å²) < 4.78 is 2.80. The highest BCUT2D eigenvalue weighted by Crippen LogP contribution is 2.44. The predicted octanol–water partition coefficient (Wildman–Crippen LogP) is 3.72. The lowest BCUT2D eigenvalue weighted by molar-refractivity contribution is -0.124. The molecule has 23 heavy (non-hydrogen) atoms. The van der Waals surface area contributed by atoms with Crippen LogP contribution in [-0.4, -0.2) is 26.3 Å². The smallest absolute Gasteiger partial charge is 0.248 e. The number of rotatable bonds is 1. The summed E-state index contributed by atoms with van der Waals surface area (Å²) in [5, 5.41) is 4.33. The molecule has 1 aliphatic heterocycles. The van der Waals surface area contributed by atoms with Gasteiger partial charge >= 0.3 is 0 Å². The quantitative estimate of drug-likeness (QED) is 0.766. The van der Waals surface area contributed by atoms with Crippen molar-refractivity contribution in [3.8, 4) is 0 Å². The van der Waals surface area contributed by atoms with E-state index in [4.69, 9.17) is 0 Å². The van der Waals surface area contributed by atoms with Crippen LogP contribution >= 0.6 is 15.9 Å². The van der Waals surface area contributed by atoms with Gasteiger partial charge in [-0.05, 0) is 29.5 Å². The summed E-state index contributed by atoms with van der Waals surface area (Å²) in [5.41, 5.74) is 1.96. The zero-order valence-electron chi connectivity index (χ0n) is 13.0. The van der Waals surface area contributed by atoms with Crippen molar-refractivity contribution in [2.45, 2.75) is 32.7 Å². The van der Waals surface area contributed by atoms with E-state index >= 15 is 0 Å². The van der Waals surface area contributed by atoms with Gasteiger partial charge in [-0.25, -0.2) is 9.67 Å². The molecule has 1 saturated carbocycles. The van der Waals surface area contributed by atoms with Gasteiger partial charge in [0, 0.05) is 16.6 Å². The first-order valence-electron chi connectivity index (χ1n) is 7.70. The van der Waals surface area contributed by atoms with Gasteiger partial charge in [-0.2, -0.15) is 10.1 Å². The molecule has 1 aromatic heterocycles. The van der Waals surface area contributed by atoms with Gasteiger partial charge in [0.25, 0.3) is 0 Å². The third kappa shape index (κ3) is 2.45. The SMILES string of the molecule is CC1(C)CC(=O)C2C(=Nc3ncnn3C2c2ccc(Br)cc2)C1. The van der Waals surface area contributed by atoms with Crippen LogP contribution in [-0.2, 0) is 4.79 Å². The molecule has 2 aromatic rings. The Morgan fingerprint density at radius 3 is 2.70 bits per heavy atom. The number of carbonyl (C=O) groups excluding carboxylic acids is 1. The Labute approximate surface area is 143 Å². The standard InChI is InChI=1S/C17H17BrN4O/c1-17(2)7-12-14(13(23)8-17)15(10-3-5-11(18)6-4-10)22-16(21-12)19-9-20-22/h3-6,9,14-15H,7-8H2,1-2H3. The largest absolute Gasteiger partial charge is 0.299 e. The van der Waals surface area contributed by atoms with Crippen LogP contribution in [0.15, 0.2) is 40.1 Å². The molecule has 0 amide bonds. The summed E-state index contributed by atoms with van der Waals surface area (Å²) >= 11 is 3.46. The van der Waals surface area contributed by atoms with Crippen molar-refractivity contribution in [1.29, 1.82) is 0 Å². The first-order chi connectivity index (χ1) is 10.9. The van der Waals surface area contributed by atoms with E-state index in [-0.39, 0.29) is 23.2 Å². The number of Topliss-reactive ketones (excluding diaryl/α,β-unsaturated/α-hetero) is 1. The summed E-state index contributed by atoms with van der Waals surface area (Å²) in [6, 6.07) is 7.91. The fourth-order valence-corrected chi connectivity index (χ4v) is 3.95. The topological polar surface area (TPSA) is 60.1 Å². The molecule has 2 unspecified atom stereocenters. The van der Waals surface area contributed by atoms with E-state index in [1.54, 1.807) is 4.68 Å². The first kappa shape index (κ1) is 14.8. The molecule has 2 aliphatic rings. The van der Waals surface area contributed by atoms with Gasteiger partial charge in [0.2, 0.25) is 5.95 Å². The Hall–Kier alpha value is -1.82. The molecular weight excluding hydrogens is 356 g/mol. The van der Waals surface area contributed by atoms with E-state index in [0.29, 0.717) is 12.4 Å². The number of ketones is 1. The van der Waals surface area contributed by atoms with Crippen LogP contribution < -0.4 is 0 Å². The number of hydrogen-bond acceptors (Lipinski definition) is 4. The Balaban J connectivity index is 1.87. The minimum atomic E-state index is -0.238. The number of nitrogens with zero attached hydrogens (tertiary/aromatic N) is 4. The normalized spacial score (nSPS) is 25.5. The minimum absolute atomic E-state index is 0.0428. The summed E-state index contributed by atoms with van der Waals surface area (Å²) in [4.78, 5) is 21.8. The van der Waals surface area contributed by atoms with Crippen molar-refractivity contribution in [2.75, 3.05) is 0 Å². The van der Waals surface area contributed by atoms with E-state index in [1.807, 2.05) is 24.3 Å². The minimum Gasteiger partial charge on any atom is -0.299 e. The van der Waals surface area contributed by atoms with Crippen LogP contribution in [0.5, 0.6) is 0 Å². The molecule has 1 aromatic carbocycles. The van der Waals surface area contributed by atoms with Gasteiger partial charge < -0.3 is 0 Å². The van der Waals surface area contributed by atoms with E-state index in [2.05, 4.69) is 44.9 Å². The molecule has 1 aliphatic carbocycles. The highest BCUT2D eigenvalue weighted by molar-refractivity contribution is 9.10. The lowest BCUT2D eigenvalue weighted by Gasteiger charge is -2.40. The Morgan fingerprint density at radius 1 is 1.22 bits per heavy atom. The summed E-state index contributed by atoms with van der Waals surface area (Å²) in [7, 11) is 0. The molecule has 0 spiro atoms. The third-order valence-electron chi connectivity index (χ3n) is 4.61. The highest BCUT2D eigenvalue weighted by Gasteiger charge is 2.46. The number of carbonyl (C=O) groups is 1. The van der Waals surface area contributed by atoms with Crippen LogP contribution in [0.25, 0.3) is 0 Å². The van der Waals surface area contributed by atoms with Gasteiger partial charge in [-0.15, -0.1) is 0 Å². The zero-order chi connectivity index (χ0) is 16.2. The summed E-state index contributed by atoms with van der Waals surface area (Å²) in [6.45, 7) is 4.25. The van der Waals surface area contributed by atoms with Crippen molar-refractivity contribution in [3.05, 3.63) is 40.6 Å². The van der Waals surface area contributed by atoms with Crippen LogP contribution in [0.4, 0.5) is 5.95 Å². The number of benzene rings is 1. The Morgan fingerprint density at radius 2 is 1.96 bits per heavy atom. The summed E-state index contributed by atoms with van der Waals surface area (Å²) in [5.74, 6) is 0.599. The fraction of sp³-hybridized carbons (Fsp3) is 0.412. The van der Waals surface area contributed by atoms with E-state index in [0.717, 1.165) is 22.2 Å². The molecule has 1 fully saturated rings. The van der Waals surface area contributed by atoms with Crippen molar-refractivity contribution in [2.24, 2.45) is 16.3 Å². The van der Waals surface area contributed by atoms with E-state index in [1.165, 1.54) is 6.33 Å². The second kappa shape index (κ2) is 5.09. The van der Waals surface area contributed by atoms with Crippen LogP contribution in [0.1, 0.15) is 38.3 Å². The number of aliphatic imine (C=N–C) groups is 1. The molecule has 0 bridgehead atoms. The number of aromatic nitrogens is 3. The number of fused-ring (bicyclic) bond motifs is 2. The van der Waals surface area contributed by atoms with Gasteiger partial charge in [0.15, 0.2) is 0 Å². The maximum atomic E-state index is 12.9. The van der Waals surface area contributed by atoms with E-state index in [9.17, 15) is 4.79 Å². The molecule has 6 heteroatoms. The first-order valence-corrected chi connectivity index (χ1v) is 8.49. The molecule has 118 valence electrons. The van der Waals surface area contributed by atoms with Crippen LogP contribution in [0.3, 0.4) is 0 Å². The second-order valence-electron chi connectivity index (χ2n) is 7.07. The monoisotopic (exact) mass is 372 g/mol. The van der Waals surface area contributed by atoms with Crippen molar-refractivity contribution < 1.29 is 4.79 Å². The van der Waals surface area contributed by atoms with Gasteiger partial charge in [0.1, 0.15) is 12.1 Å². The Kier molecular flexibility index (Phi) is 3.27. The predicted molar refractivity (Wildman–Crippen MR) is 90.9 cm³/mol. The lowest BCUT2D eigenvalue weighted by atomic mass is 9.67. The molecule has 2 heterocycles. The molecule has 0 saturated heterocycles. The maximum absolute atomic E-state index is 12.9. The average Bonchev–Trinajstić information content (AvgIpc) is 2.92. The van der Waals surface area contributed by atoms with Crippen molar-refractivity contribution >= 4 is 33.4 Å². The van der Waals surface area contributed by atoms with Gasteiger partial charge in [-0.3, -0.25) is 4.79 Å². The number of hydrogen-bond donors (Lipinski definition) is 0. The van der Waals surface area contributed by atoms with Gasteiger partial charge in [0.05, 0.1) is 12.0 Å². The average molecular weight is 373 g/mol. The maximum Gasteiger partial charge on any atom is 0.248 e. The molecule has 2 atom stereocenters. The fourth-order valence-electron chi connectivity index (χ4n) is 3.68. The third-order valence-corrected chi connectivity index (χ3v) is 5.14. The molecule has 4 rings (SSSR count). The Bertz CT molecular complexity index is 806. The summed E-state index contributed by atoms with van der Waals surface area (Å²) in [6.07, 6.45) is 2.91. The number of halogens is 1. The zero-order valence-corrected chi connectivity index (χ0v) is 14.6. The second-order valence-corrected chi connectivity index (χ2v) is 7.98. The molecule has 5 nitrogen and oxygen atoms in total. The van der Waals surface area contributed by atoms with Crippen LogP contribution in [0, 0.1) is 11.3 Å². The highest BCUT2D eigenvalue weighted by atomic mass is 79.9. The van der Waals surface area contributed by atoms with Crippen molar-refractivity contribution in [3.63, 3.8) is 0 Å². The van der Waals surface area contributed by atoms with Crippen LogP contribution in [0.2, 0.25) is 0 Å². The molecular formula is C17H17BrN4O. The molecule has 0 radical (unpaired) electrons. The lowest BCUT2D eigenvalue weighted by Crippen LogP contribution is -2.44. The van der Waals surface area contributed by atoms with Gasteiger partial charge in [-0.1, -0.05) is 41.9 Å².